The smallest absolute Gasteiger partial charge is 0.248 e. The molecule has 33 heavy (non-hydrogen) atoms. The lowest BCUT2D eigenvalue weighted by Crippen LogP contribution is -2.47. The minimum atomic E-state index is -3.85. The molecule has 11 heteroatoms. The molecule has 0 aliphatic carbocycles. The van der Waals surface area contributed by atoms with Crippen LogP contribution >= 0.6 is 0 Å². The van der Waals surface area contributed by atoms with E-state index in [2.05, 4.69) is 5.32 Å². The Bertz CT molecular complexity index is 1180. The van der Waals surface area contributed by atoms with Gasteiger partial charge < -0.3 is 5.32 Å². The van der Waals surface area contributed by atoms with Crippen LogP contribution in [0.25, 0.3) is 0 Å². The molecule has 0 radical (unpaired) electrons. The highest BCUT2D eigenvalue weighted by molar-refractivity contribution is 7.92. The van der Waals surface area contributed by atoms with Gasteiger partial charge in [-0.05, 0) is 67.8 Å². The van der Waals surface area contributed by atoms with Crippen LogP contribution in [0.2, 0.25) is 0 Å². The molecule has 2 aromatic carbocycles. The van der Waals surface area contributed by atoms with Crippen LogP contribution in [-0.4, -0.2) is 52.4 Å². The Morgan fingerprint density at radius 2 is 1.58 bits per heavy atom. The third-order valence-corrected chi connectivity index (χ3v) is 8.58. The number of piperidine rings is 1. The number of sulfonamides is 2. The van der Waals surface area contributed by atoms with Gasteiger partial charge in [-0.1, -0.05) is 13.3 Å². The fourth-order valence-corrected chi connectivity index (χ4v) is 6.57. The Balaban J connectivity index is 1.80. The van der Waals surface area contributed by atoms with E-state index in [1.54, 1.807) is 6.92 Å². The van der Waals surface area contributed by atoms with Crippen molar-refractivity contribution in [2.24, 2.45) is 0 Å². The lowest BCUT2D eigenvalue weighted by molar-refractivity contribution is -0.117. The van der Waals surface area contributed by atoms with E-state index >= 15 is 0 Å². The molecule has 8 nitrogen and oxygen atoms in total. The molecule has 2 aromatic rings. The van der Waals surface area contributed by atoms with Gasteiger partial charge >= 0.3 is 0 Å². The molecule has 0 bridgehead atoms. The molecule has 3 rings (SSSR count). The predicted octanol–water partition coefficient (Wildman–Crippen LogP) is 3.18. The number of carbonyl (C=O) groups excluding carboxylic acids is 1. The van der Waals surface area contributed by atoms with Crippen LogP contribution in [0.15, 0.2) is 53.4 Å². The maximum atomic E-state index is 13.3. The van der Waals surface area contributed by atoms with Crippen LogP contribution < -0.4 is 9.62 Å². The number of hydrogen-bond acceptors (Lipinski definition) is 5. The molecule has 180 valence electrons. The van der Waals surface area contributed by atoms with Crippen molar-refractivity contribution in [2.75, 3.05) is 29.0 Å². The van der Waals surface area contributed by atoms with Crippen molar-refractivity contribution in [3.63, 3.8) is 0 Å². The van der Waals surface area contributed by atoms with E-state index in [1.165, 1.54) is 40.7 Å². The van der Waals surface area contributed by atoms with Crippen LogP contribution in [0.5, 0.6) is 0 Å². The Hall–Kier alpha value is -2.50. The van der Waals surface area contributed by atoms with Crippen LogP contribution in [0.1, 0.15) is 32.6 Å². The highest BCUT2D eigenvalue weighted by Gasteiger charge is 2.32. The molecule has 1 heterocycles. The zero-order valence-electron chi connectivity index (χ0n) is 18.6. The van der Waals surface area contributed by atoms with Crippen LogP contribution in [0, 0.1) is 5.82 Å². The van der Waals surface area contributed by atoms with Gasteiger partial charge in [0.25, 0.3) is 0 Å². The zero-order chi connectivity index (χ0) is 24.2. The van der Waals surface area contributed by atoms with Gasteiger partial charge in [0, 0.05) is 18.8 Å². The maximum Gasteiger partial charge on any atom is 0.248 e. The lowest BCUT2D eigenvalue weighted by atomic mass is 10.2. The molecule has 1 saturated heterocycles. The Kier molecular flexibility index (Phi) is 7.76. The van der Waals surface area contributed by atoms with Crippen molar-refractivity contribution < 1.29 is 26.0 Å². The third-order valence-electron chi connectivity index (χ3n) is 5.49. The van der Waals surface area contributed by atoms with E-state index in [1.807, 2.05) is 0 Å². The van der Waals surface area contributed by atoms with Crippen molar-refractivity contribution in [2.45, 2.75) is 43.5 Å². The first-order valence-corrected chi connectivity index (χ1v) is 14.0. The van der Waals surface area contributed by atoms with E-state index in [-0.39, 0.29) is 17.0 Å². The number of carbonyl (C=O) groups is 1. The summed E-state index contributed by atoms with van der Waals surface area (Å²) in [6.45, 7) is 2.65. The second-order valence-electron chi connectivity index (χ2n) is 7.94. The van der Waals surface area contributed by atoms with E-state index in [0.29, 0.717) is 18.8 Å². The van der Waals surface area contributed by atoms with E-state index < -0.39 is 37.8 Å². The Morgan fingerprint density at radius 1 is 1.00 bits per heavy atom. The van der Waals surface area contributed by atoms with Crippen molar-refractivity contribution in [1.82, 2.24) is 4.31 Å². The molecule has 1 aliphatic heterocycles. The van der Waals surface area contributed by atoms with Gasteiger partial charge in [0.2, 0.25) is 26.0 Å². The summed E-state index contributed by atoms with van der Waals surface area (Å²) in [5.74, 6) is -1.11. The number of halogens is 1. The van der Waals surface area contributed by atoms with Crippen molar-refractivity contribution in [3.8, 4) is 0 Å². The summed E-state index contributed by atoms with van der Waals surface area (Å²) in [7, 11) is -7.45. The summed E-state index contributed by atoms with van der Waals surface area (Å²) in [6, 6.07) is 9.57. The zero-order valence-corrected chi connectivity index (χ0v) is 20.2. The van der Waals surface area contributed by atoms with Gasteiger partial charge in [0.05, 0.1) is 16.8 Å². The number of hydrogen-bond donors (Lipinski definition) is 1. The van der Waals surface area contributed by atoms with Gasteiger partial charge in [-0.2, -0.15) is 4.31 Å². The quantitative estimate of drug-likeness (QED) is 0.603. The number of rotatable bonds is 8. The molecule has 0 aromatic heterocycles. The average Bonchev–Trinajstić information content (AvgIpc) is 2.78. The largest absolute Gasteiger partial charge is 0.324 e. The van der Waals surface area contributed by atoms with E-state index in [4.69, 9.17) is 0 Å². The lowest BCUT2D eigenvalue weighted by Gasteiger charge is -2.30. The van der Waals surface area contributed by atoms with Crippen molar-refractivity contribution in [1.29, 1.82) is 0 Å². The normalized spacial score (nSPS) is 16.2. The minimum Gasteiger partial charge on any atom is -0.324 e. The van der Waals surface area contributed by atoms with Crippen molar-refractivity contribution in [3.05, 3.63) is 54.3 Å². The Labute approximate surface area is 194 Å². The van der Waals surface area contributed by atoms with Crippen LogP contribution in [0.4, 0.5) is 15.8 Å². The molecule has 1 unspecified atom stereocenters. The monoisotopic (exact) mass is 497 g/mol. The summed E-state index contributed by atoms with van der Waals surface area (Å²) in [6.07, 6.45) is 3.82. The number of benzene rings is 2. The minimum absolute atomic E-state index is 0.138. The molecule has 0 spiro atoms. The average molecular weight is 498 g/mol. The highest BCUT2D eigenvalue weighted by atomic mass is 32.2. The molecule has 1 amide bonds. The van der Waals surface area contributed by atoms with Gasteiger partial charge in [-0.25, -0.2) is 21.2 Å². The van der Waals surface area contributed by atoms with Gasteiger partial charge in [0.15, 0.2) is 0 Å². The third kappa shape index (κ3) is 5.90. The first kappa shape index (κ1) is 25.1. The van der Waals surface area contributed by atoms with Crippen molar-refractivity contribution >= 4 is 37.3 Å². The SMILES string of the molecule is CCC(C(=O)Nc1ccc(S(=O)(=O)N2CCCCC2)cc1)N(c1ccc(F)cc1)S(C)(=O)=O. The summed E-state index contributed by atoms with van der Waals surface area (Å²) >= 11 is 0. The first-order valence-electron chi connectivity index (χ1n) is 10.7. The second-order valence-corrected chi connectivity index (χ2v) is 11.7. The Morgan fingerprint density at radius 3 is 2.09 bits per heavy atom. The van der Waals surface area contributed by atoms with Gasteiger partial charge in [-0.3, -0.25) is 9.10 Å². The van der Waals surface area contributed by atoms with Gasteiger partial charge in [0.1, 0.15) is 11.9 Å². The number of amides is 1. The summed E-state index contributed by atoms with van der Waals surface area (Å²) in [5.41, 5.74) is 0.507. The number of anilines is 2. The molecular weight excluding hydrogens is 469 g/mol. The maximum absolute atomic E-state index is 13.3. The number of nitrogens with one attached hydrogen (secondary N) is 1. The molecule has 0 saturated carbocycles. The molecule has 1 fully saturated rings. The van der Waals surface area contributed by atoms with Crippen LogP contribution in [-0.2, 0) is 24.8 Å². The topological polar surface area (TPSA) is 104 Å². The summed E-state index contributed by atoms with van der Waals surface area (Å²) < 4.78 is 66.2. The fraction of sp³-hybridized carbons (Fsp3) is 0.409. The highest BCUT2D eigenvalue weighted by Crippen LogP contribution is 2.25. The molecule has 1 aliphatic rings. The first-order chi connectivity index (χ1) is 15.5. The second kappa shape index (κ2) is 10.2. The number of nitrogens with zero attached hydrogens (tertiary/aromatic N) is 2. The fourth-order valence-electron chi connectivity index (χ4n) is 3.84. The molecule has 1 atom stereocenters. The van der Waals surface area contributed by atoms with E-state index in [0.717, 1.165) is 42.0 Å². The van der Waals surface area contributed by atoms with Crippen LogP contribution in [0.3, 0.4) is 0 Å². The standard InChI is InChI=1S/C22H28FN3O5S2/c1-3-21(26(32(2,28)29)19-11-7-17(23)8-12-19)22(27)24-18-9-13-20(14-10-18)33(30,31)25-15-5-4-6-16-25/h7-14,21H,3-6,15-16H2,1-2H3,(H,24,27). The molecule has 1 N–H and O–H groups in total. The molecular formula is C22H28FN3O5S2. The summed E-state index contributed by atoms with van der Waals surface area (Å²) in [5, 5.41) is 2.66. The summed E-state index contributed by atoms with van der Waals surface area (Å²) in [4.78, 5) is 13.1. The predicted molar refractivity (Wildman–Crippen MR) is 125 cm³/mol. The van der Waals surface area contributed by atoms with E-state index in [9.17, 15) is 26.0 Å². The van der Waals surface area contributed by atoms with Gasteiger partial charge in [-0.15, -0.1) is 0 Å².